The second-order valence-corrected chi connectivity index (χ2v) is 6.74. The van der Waals surface area contributed by atoms with Crippen LogP contribution in [-0.2, 0) is 16.1 Å². The van der Waals surface area contributed by atoms with E-state index in [1.54, 1.807) is 40.0 Å². The Hall–Kier alpha value is -3.41. The number of esters is 1. The minimum atomic E-state index is -0.382. The average Bonchev–Trinajstić information content (AvgIpc) is 3.28. The van der Waals surface area contributed by atoms with Crippen molar-refractivity contribution >= 4 is 17.6 Å². The maximum absolute atomic E-state index is 12.3. The summed E-state index contributed by atoms with van der Waals surface area (Å²) in [4.78, 5) is 26.1. The summed E-state index contributed by atoms with van der Waals surface area (Å²) in [6.07, 6.45) is 6.14. The molecule has 6 nitrogen and oxygen atoms in total. The number of rotatable bonds is 5. The van der Waals surface area contributed by atoms with E-state index in [0.717, 1.165) is 36.3 Å². The molecule has 0 radical (unpaired) electrons. The Kier molecular flexibility index (Phi) is 5.19. The van der Waals surface area contributed by atoms with E-state index in [1.165, 1.54) is 0 Å². The normalized spacial score (nSPS) is 14.1. The van der Waals surface area contributed by atoms with Crippen molar-refractivity contribution in [3.63, 3.8) is 0 Å². The molecule has 1 amide bonds. The number of hydrogen-bond acceptors (Lipinski definition) is 4. The zero-order valence-corrected chi connectivity index (χ0v) is 15.5. The molecule has 0 atom stereocenters. The van der Waals surface area contributed by atoms with Gasteiger partial charge in [0.25, 0.3) is 0 Å². The Morgan fingerprint density at radius 1 is 1.00 bits per heavy atom. The van der Waals surface area contributed by atoms with Gasteiger partial charge in [0.1, 0.15) is 6.61 Å². The number of aromatic nitrogens is 2. The lowest BCUT2D eigenvalue weighted by Crippen LogP contribution is -2.35. The first-order valence-corrected chi connectivity index (χ1v) is 9.37. The summed E-state index contributed by atoms with van der Waals surface area (Å²) >= 11 is 0. The van der Waals surface area contributed by atoms with Crippen LogP contribution < -0.4 is 4.90 Å². The fourth-order valence-corrected chi connectivity index (χ4v) is 3.26. The molecular formula is C22H21N3O3. The van der Waals surface area contributed by atoms with Crippen LogP contribution in [0.15, 0.2) is 67.0 Å². The Bertz CT molecular complexity index is 948. The number of piperidine rings is 1. The van der Waals surface area contributed by atoms with Gasteiger partial charge in [-0.05, 0) is 60.9 Å². The average molecular weight is 375 g/mol. The quantitative estimate of drug-likeness (QED) is 0.637. The number of hydrogen-bond donors (Lipinski definition) is 0. The van der Waals surface area contributed by atoms with Gasteiger partial charge in [-0.25, -0.2) is 9.48 Å². The Labute approximate surface area is 163 Å². The monoisotopic (exact) mass is 375 g/mol. The third-order valence-electron chi connectivity index (χ3n) is 4.81. The van der Waals surface area contributed by atoms with Gasteiger partial charge in [-0.3, -0.25) is 4.79 Å². The predicted molar refractivity (Wildman–Crippen MR) is 105 cm³/mol. The number of carbonyl (C=O) groups excluding carboxylic acids is 2. The molecule has 4 rings (SSSR count). The summed E-state index contributed by atoms with van der Waals surface area (Å²) < 4.78 is 7.18. The number of anilines is 1. The zero-order chi connectivity index (χ0) is 19.3. The van der Waals surface area contributed by atoms with Gasteiger partial charge in [0.2, 0.25) is 5.91 Å². The first-order valence-electron chi connectivity index (χ1n) is 9.37. The molecular weight excluding hydrogens is 354 g/mol. The second kappa shape index (κ2) is 8.08. The Balaban J connectivity index is 1.35. The van der Waals surface area contributed by atoms with Gasteiger partial charge in [0, 0.05) is 31.0 Å². The molecule has 1 aliphatic rings. The van der Waals surface area contributed by atoms with E-state index in [-0.39, 0.29) is 18.5 Å². The van der Waals surface area contributed by atoms with Crippen LogP contribution in [0, 0.1) is 0 Å². The minimum absolute atomic E-state index is 0.139. The van der Waals surface area contributed by atoms with Crippen molar-refractivity contribution in [2.75, 3.05) is 11.4 Å². The molecule has 1 aliphatic heterocycles. The number of benzene rings is 2. The second-order valence-electron chi connectivity index (χ2n) is 6.74. The lowest BCUT2D eigenvalue weighted by atomic mass is 10.1. The number of ether oxygens (including phenoxy) is 1. The molecule has 0 N–H and O–H groups in total. The fourth-order valence-electron chi connectivity index (χ4n) is 3.26. The van der Waals surface area contributed by atoms with Crippen molar-refractivity contribution in [2.45, 2.75) is 25.9 Å². The van der Waals surface area contributed by atoms with Gasteiger partial charge in [0.05, 0.1) is 11.3 Å². The summed E-state index contributed by atoms with van der Waals surface area (Å²) in [5, 5.41) is 4.18. The van der Waals surface area contributed by atoms with E-state index in [4.69, 9.17) is 4.74 Å². The van der Waals surface area contributed by atoms with E-state index in [1.807, 2.05) is 36.5 Å². The summed E-state index contributed by atoms with van der Waals surface area (Å²) in [6.45, 7) is 0.932. The molecule has 6 heteroatoms. The maximum atomic E-state index is 12.3. The van der Waals surface area contributed by atoms with E-state index < -0.39 is 0 Å². The van der Waals surface area contributed by atoms with Crippen LogP contribution in [0.4, 0.5) is 5.69 Å². The van der Waals surface area contributed by atoms with Crippen molar-refractivity contribution in [1.82, 2.24) is 9.78 Å². The van der Waals surface area contributed by atoms with Crippen LogP contribution in [0.5, 0.6) is 0 Å². The van der Waals surface area contributed by atoms with E-state index in [0.29, 0.717) is 12.0 Å². The summed E-state index contributed by atoms with van der Waals surface area (Å²) in [6, 6.07) is 16.6. The molecule has 1 aromatic heterocycles. The first kappa shape index (κ1) is 18.0. The summed E-state index contributed by atoms with van der Waals surface area (Å²) in [5.74, 6) is -0.243. The van der Waals surface area contributed by atoms with E-state index in [9.17, 15) is 9.59 Å². The summed E-state index contributed by atoms with van der Waals surface area (Å²) in [7, 11) is 0. The third kappa shape index (κ3) is 3.96. The first-order chi connectivity index (χ1) is 13.7. The van der Waals surface area contributed by atoms with Crippen LogP contribution in [0.2, 0.25) is 0 Å². The molecule has 1 fully saturated rings. The Morgan fingerprint density at radius 3 is 2.43 bits per heavy atom. The van der Waals surface area contributed by atoms with Gasteiger partial charge in [-0.1, -0.05) is 12.1 Å². The minimum Gasteiger partial charge on any atom is -0.457 e. The Morgan fingerprint density at radius 2 is 1.75 bits per heavy atom. The van der Waals surface area contributed by atoms with Crippen LogP contribution in [-0.4, -0.2) is 28.2 Å². The van der Waals surface area contributed by atoms with Crippen molar-refractivity contribution in [1.29, 1.82) is 0 Å². The highest BCUT2D eigenvalue weighted by Crippen LogP contribution is 2.21. The van der Waals surface area contributed by atoms with Gasteiger partial charge < -0.3 is 9.64 Å². The van der Waals surface area contributed by atoms with E-state index >= 15 is 0 Å². The lowest BCUT2D eigenvalue weighted by Gasteiger charge is -2.26. The van der Waals surface area contributed by atoms with Gasteiger partial charge in [-0.2, -0.15) is 5.10 Å². The van der Waals surface area contributed by atoms with Crippen LogP contribution in [0.1, 0.15) is 35.2 Å². The van der Waals surface area contributed by atoms with Crippen molar-refractivity contribution in [3.05, 3.63) is 78.1 Å². The topological polar surface area (TPSA) is 64.4 Å². The molecule has 2 aromatic carbocycles. The van der Waals surface area contributed by atoms with Crippen molar-refractivity contribution < 1.29 is 14.3 Å². The van der Waals surface area contributed by atoms with Crippen molar-refractivity contribution in [2.24, 2.45) is 0 Å². The largest absolute Gasteiger partial charge is 0.457 e. The highest BCUT2D eigenvalue weighted by atomic mass is 16.5. The van der Waals surface area contributed by atoms with Gasteiger partial charge in [0.15, 0.2) is 0 Å². The van der Waals surface area contributed by atoms with Crippen LogP contribution in [0.3, 0.4) is 0 Å². The molecule has 0 bridgehead atoms. The molecule has 1 saturated heterocycles. The zero-order valence-electron chi connectivity index (χ0n) is 15.5. The smallest absolute Gasteiger partial charge is 0.338 e. The number of carbonyl (C=O) groups is 2. The molecule has 142 valence electrons. The predicted octanol–water partition coefficient (Wildman–Crippen LogP) is 3.75. The third-order valence-corrected chi connectivity index (χ3v) is 4.81. The van der Waals surface area contributed by atoms with Crippen LogP contribution >= 0.6 is 0 Å². The molecule has 0 saturated carbocycles. The number of nitrogens with zero attached hydrogens (tertiary/aromatic N) is 3. The van der Waals surface area contributed by atoms with Crippen LogP contribution in [0.25, 0.3) is 5.69 Å². The van der Waals surface area contributed by atoms with Crippen molar-refractivity contribution in [3.8, 4) is 5.69 Å². The molecule has 0 aliphatic carbocycles. The molecule has 0 unspecified atom stereocenters. The highest BCUT2D eigenvalue weighted by molar-refractivity contribution is 5.95. The fraction of sp³-hybridized carbons (Fsp3) is 0.227. The maximum Gasteiger partial charge on any atom is 0.338 e. The van der Waals surface area contributed by atoms with Gasteiger partial charge >= 0.3 is 5.97 Å². The highest BCUT2D eigenvalue weighted by Gasteiger charge is 2.19. The lowest BCUT2D eigenvalue weighted by molar-refractivity contribution is -0.119. The van der Waals surface area contributed by atoms with E-state index in [2.05, 4.69) is 5.10 Å². The molecule has 2 heterocycles. The SMILES string of the molecule is O=C(OCc1ccc(-n2cccn2)cc1)c1ccc(N2CCCCC2=O)cc1. The van der Waals surface area contributed by atoms with Gasteiger partial charge in [-0.15, -0.1) is 0 Å². The molecule has 0 spiro atoms. The number of amides is 1. The standard InChI is InChI=1S/C22H21N3O3/c26-21-4-1-2-14-24(21)19-11-7-18(8-12-19)22(27)28-16-17-5-9-20(10-6-17)25-15-3-13-23-25/h3,5-13,15H,1-2,4,14,16H2. The summed E-state index contributed by atoms with van der Waals surface area (Å²) in [5.41, 5.74) is 3.15. The molecule has 28 heavy (non-hydrogen) atoms. The molecule has 3 aromatic rings.